The van der Waals surface area contributed by atoms with E-state index in [0.717, 1.165) is 49.1 Å². The van der Waals surface area contributed by atoms with E-state index in [9.17, 15) is 4.79 Å². The number of carbonyl (C=O) groups excluding carboxylic acids is 1. The highest BCUT2D eigenvalue weighted by atomic mass is 32.2. The number of nitrogens with one attached hydrogen (secondary N) is 1. The second-order valence-corrected chi connectivity index (χ2v) is 7.57. The molecule has 2 N–H and O–H groups in total. The Labute approximate surface area is 144 Å². The van der Waals surface area contributed by atoms with Crippen molar-refractivity contribution in [3.8, 4) is 0 Å². The van der Waals surface area contributed by atoms with Crippen LogP contribution < -0.4 is 5.48 Å². The number of carbonyl (C=O) groups is 1. The molecule has 0 saturated heterocycles. The number of benzene rings is 1. The first-order valence-electron chi connectivity index (χ1n) is 8.11. The Morgan fingerprint density at radius 2 is 2.21 bits per heavy atom. The summed E-state index contributed by atoms with van der Waals surface area (Å²) in [7, 11) is 0. The molecule has 124 valence electrons. The van der Waals surface area contributed by atoms with Gasteiger partial charge < -0.3 is 0 Å². The molecule has 0 saturated carbocycles. The van der Waals surface area contributed by atoms with Crippen LogP contribution in [0, 0.1) is 0 Å². The van der Waals surface area contributed by atoms with Crippen LogP contribution in [0.5, 0.6) is 0 Å². The van der Waals surface area contributed by atoms with Gasteiger partial charge in [0.15, 0.2) is 0 Å². The largest absolute Gasteiger partial charge is 0.292 e. The first-order chi connectivity index (χ1) is 11.7. The van der Waals surface area contributed by atoms with Crippen LogP contribution in [-0.2, 0) is 11.3 Å². The Kier molecular flexibility index (Phi) is 4.26. The number of thioether (sulfide) groups is 1. The third-order valence-corrected chi connectivity index (χ3v) is 6.02. The summed E-state index contributed by atoms with van der Waals surface area (Å²) in [5, 5.41) is 9.79. The zero-order valence-electron chi connectivity index (χ0n) is 13.2. The Morgan fingerprint density at radius 1 is 1.33 bits per heavy atom. The lowest BCUT2D eigenvalue weighted by Crippen LogP contribution is -2.30. The first kappa shape index (κ1) is 15.6. The van der Waals surface area contributed by atoms with Crippen LogP contribution in [0.4, 0.5) is 0 Å². The van der Waals surface area contributed by atoms with Crippen LogP contribution in [0.2, 0.25) is 0 Å². The fraction of sp³-hybridized carbons (Fsp3) is 0.333. The first-order valence-corrected chi connectivity index (χ1v) is 8.99. The van der Waals surface area contributed by atoms with Crippen molar-refractivity contribution in [3.63, 3.8) is 0 Å². The Balaban J connectivity index is 1.44. The number of amides is 1. The highest BCUT2D eigenvalue weighted by molar-refractivity contribution is 8.04. The third kappa shape index (κ3) is 3.05. The molecule has 0 radical (unpaired) electrons. The van der Waals surface area contributed by atoms with E-state index in [2.05, 4.69) is 23.1 Å². The maximum Gasteiger partial charge on any atom is 0.257 e. The standard InChI is InChI=1S/C18H19N3O2S/c22-18(20-23)16-9-13-7-8-21(11-17(13)24-16)10-14-6-5-12-3-1-2-4-15(12)19-14/h1-6,16,23H,7-11H2,(H,20,22). The second kappa shape index (κ2) is 6.55. The SMILES string of the molecule is O=C(NO)C1CC2=C(CN(Cc3ccc4ccccc4n3)CC2)S1. The number of aromatic nitrogens is 1. The van der Waals surface area contributed by atoms with Gasteiger partial charge in [-0.3, -0.25) is 19.9 Å². The summed E-state index contributed by atoms with van der Waals surface area (Å²) < 4.78 is 0. The summed E-state index contributed by atoms with van der Waals surface area (Å²) in [6, 6.07) is 12.4. The van der Waals surface area contributed by atoms with Crippen LogP contribution in [-0.4, -0.2) is 39.3 Å². The zero-order chi connectivity index (χ0) is 16.5. The van der Waals surface area contributed by atoms with Crippen molar-refractivity contribution >= 4 is 28.6 Å². The number of hydroxylamine groups is 1. The Hall–Kier alpha value is -1.89. The molecule has 1 unspecified atom stereocenters. The van der Waals surface area contributed by atoms with Crippen molar-refractivity contribution in [1.29, 1.82) is 0 Å². The van der Waals surface area contributed by atoms with Crippen molar-refractivity contribution in [2.45, 2.75) is 24.6 Å². The maximum atomic E-state index is 11.6. The van der Waals surface area contributed by atoms with Crippen molar-refractivity contribution in [3.05, 3.63) is 52.6 Å². The molecule has 4 rings (SSSR count). The van der Waals surface area contributed by atoms with Gasteiger partial charge in [-0.2, -0.15) is 0 Å². The molecule has 2 aromatic rings. The van der Waals surface area contributed by atoms with E-state index in [0.29, 0.717) is 0 Å². The minimum Gasteiger partial charge on any atom is -0.292 e. The quantitative estimate of drug-likeness (QED) is 0.664. The van der Waals surface area contributed by atoms with Crippen LogP contribution in [0.15, 0.2) is 46.9 Å². The number of nitrogens with zero attached hydrogens (tertiary/aromatic N) is 2. The molecule has 5 nitrogen and oxygen atoms in total. The molecule has 0 bridgehead atoms. The molecular weight excluding hydrogens is 322 g/mol. The van der Waals surface area contributed by atoms with E-state index >= 15 is 0 Å². The summed E-state index contributed by atoms with van der Waals surface area (Å²) >= 11 is 1.59. The van der Waals surface area contributed by atoms with Gasteiger partial charge in [-0.05, 0) is 29.9 Å². The topological polar surface area (TPSA) is 65.5 Å². The highest BCUT2D eigenvalue weighted by Crippen LogP contribution is 2.42. The average molecular weight is 341 g/mol. The lowest BCUT2D eigenvalue weighted by atomic mass is 10.0. The van der Waals surface area contributed by atoms with Gasteiger partial charge in [0.25, 0.3) is 5.91 Å². The Bertz CT molecular complexity index is 821. The minimum atomic E-state index is -0.294. The summed E-state index contributed by atoms with van der Waals surface area (Å²) in [6.45, 7) is 2.67. The van der Waals surface area contributed by atoms with E-state index < -0.39 is 0 Å². The van der Waals surface area contributed by atoms with Crippen molar-refractivity contribution in [1.82, 2.24) is 15.4 Å². The van der Waals surface area contributed by atoms with Crippen LogP contribution >= 0.6 is 11.8 Å². The molecule has 1 amide bonds. The summed E-state index contributed by atoms with van der Waals surface area (Å²) in [5.41, 5.74) is 5.25. The minimum absolute atomic E-state index is 0.182. The summed E-state index contributed by atoms with van der Waals surface area (Å²) in [5.74, 6) is -0.294. The molecule has 2 aliphatic heterocycles. The van der Waals surface area contributed by atoms with E-state index in [4.69, 9.17) is 10.2 Å². The number of para-hydroxylation sites is 1. The fourth-order valence-corrected chi connectivity index (χ4v) is 4.78. The van der Waals surface area contributed by atoms with Gasteiger partial charge in [0, 0.05) is 25.0 Å². The van der Waals surface area contributed by atoms with Gasteiger partial charge in [-0.1, -0.05) is 29.8 Å². The summed E-state index contributed by atoms with van der Waals surface area (Å²) in [4.78, 5) is 20.0. The number of fused-ring (bicyclic) bond motifs is 1. The third-order valence-electron chi connectivity index (χ3n) is 4.65. The normalized spacial score (nSPS) is 21.1. The highest BCUT2D eigenvalue weighted by Gasteiger charge is 2.33. The van der Waals surface area contributed by atoms with Crippen molar-refractivity contribution in [2.24, 2.45) is 0 Å². The molecule has 0 fully saturated rings. The molecular formula is C18H19N3O2S. The molecule has 1 aromatic carbocycles. The van der Waals surface area contributed by atoms with E-state index in [1.807, 2.05) is 18.2 Å². The molecule has 2 aliphatic rings. The molecule has 0 spiro atoms. The lowest BCUT2D eigenvalue weighted by molar-refractivity contribution is -0.128. The molecule has 1 aromatic heterocycles. The van der Waals surface area contributed by atoms with Crippen LogP contribution in [0.1, 0.15) is 18.5 Å². The monoisotopic (exact) mass is 341 g/mol. The van der Waals surface area contributed by atoms with Gasteiger partial charge in [0.05, 0.1) is 16.5 Å². The smallest absolute Gasteiger partial charge is 0.257 e. The van der Waals surface area contributed by atoms with Gasteiger partial charge in [0.1, 0.15) is 0 Å². The molecule has 0 aliphatic carbocycles. The number of pyridine rings is 1. The molecule has 24 heavy (non-hydrogen) atoms. The van der Waals surface area contributed by atoms with Crippen LogP contribution in [0.25, 0.3) is 10.9 Å². The second-order valence-electron chi connectivity index (χ2n) is 6.27. The van der Waals surface area contributed by atoms with Crippen LogP contribution in [0.3, 0.4) is 0 Å². The predicted octanol–water partition coefficient (Wildman–Crippen LogP) is 2.71. The van der Waals surface area contributed by atoms with Crippen molar-refractivity contribution < 1.29 is 10.0 Å². The molecule has 3 heterocycles. The fourth-order valence-electron chi connectivity index (χ4n) is 3.38. The van der Waals surface area contributed by atoms with Gasteiger partial charge in [0.2, 0.25) is 0 Å². The van der Waals surface area contributed by atoms with E-state index in [1.165, 1.54) is 10.5 Å². The van der Waals surface area contributed by atoms with Gasteiger partial charge >= 0.3 is 0 Å². The lowest BCUT2D eigenvalue weighted by Gasteiger charge is -2.27. The van der Waals surface area contributed by atoms with Gasteiger partial charge in [-0.15, -0.1) is 11.8 Å². The van der Waals surface area contributed by atoms with E-state index in [1.54, 1.807) is 17.2 Å². The number of rotatable bonds is 3. The molecule has 1 atom stereocenters. The predicted molar refractivity (Wildman–Crippen MR) is 94.6 cm³/mol. The van der Waals surface area contributed by atoms with Crippen molar-refractivity contribution in [2.75, 3.05) is 13.1 Å². The average Bonchev–Trinajstić information content (AvgIpc) is 3.04. The Morgan fingerprint density at radius 3 is 3.08 bits per heavy atom. The number of hydrogen-bond acceptors (Lipinski definition) is 5. The molecule has 6 heteroatoms. The number of hydrogen-bond donors (Lipinski definition) is 2. The maximum absolute atomic E-state index is 11.6. The van der Waals surface area contributed by atoms with E-state index in [-0.39, 0.29) is 11.2 Å². The van der Waals surface area contributed by atoms with Gasteiger partial charge in [-0.25, -0.2) is 5.48 Å². The zero-order valence-corrected chi connectivity index (χ0v) is 14.1. The summed E-state index contributed by atoms with van der Waals surface area (Å²) in [6.07, 6.45) is 1.75.